The molecule has 0 radical (unpaired) electrons. The highest BCUT2D eigenvalue weighted by atomic mass is 16.2. The number of hydrogen-bond donors (Lipinski definition) is 1. The van der Waals surface area contributed by atoms with E-state index >= 15 is 0 Å². The lowest BCUT2D eigenvalue weighted by molar-refractivity contribution is -0.138. The highest BCUT2D eigenvalue weighted by molar-refractivity contribution is 5.79. The van der Waals surface area contributed by atoms with Gasteiger partial charge in [0, 0.05) is 25.0 Å². The number of hydrogen-bond acceptors (Lipinski definition) is 2. The van der Waals surface area contributed by atoms with E-state index in [1.807, 2.05) is 4.90 Å². The van der Waals surface area contributed by atoms with Crippen LogP contribution in [-0.4, -0.2) is 29.9 Å². The van der Waals surface area contributed by atoms with E-state index in [-0.39, 0.29) is 12.0 Å². The Labute approximate surface area is 93.0 Å². The van der Waals surface area contributed by atoms with Crippen LogP contribution >= 0.6 is 0 Å². The van der Waals surface area contributed by atoms with Crippen LogP contribution in [-0.2, 0) is 4.79 Å². The fraction of sp³-hybridized carbons (Fsp3) is 0.917. The van der Waals surface area contributed by atoms with E-state index in [1.165, 1.54) is 19.3 Å². The minimum Gasteiger partial charge on any atom is -0.339 e. The summed E-state index contributed by atoms with van der Waals surface area (Å²) in [5, 5.41) is 0. The monoisotopic (exact) mass is 212 g/mol. The first-order chi connectivity index (χ1) is 7.16. The Balaban J connectivity index is 2.53. The Kier molecular flexibility index (Phi) is 5.09. The molecular weight excluding hydrogens is 188 g/mol. The number of carbonyl (C=O) groups excluding carboxylic acids is 1. The smallest absolute Gasteiger partial charge is 0.225 e. The fourth-order valence-corrected chi connectivity index (χ4v) is 2.35. The van der Waals surface area contributed by atoms with Gasteiger partial charge in [-0.1, -0.05) is 19.3 Å². The highest BCUT2D eigenvalue weighted by Gasteiger charge is 2.26. The van der Waals surface area contributed by atoms with Crippen molar-refractivity contribution in [3.05, 3.63) is 0 Å². The molecule has 0 unspecified atom stereocenters. The topological polar surface area (TPSA) is 46.3 Å². The molecule has 0 aromatic heterocycles. The molecule has 0 saturated heterocycles. The van der Waals surface area contributed by atoms with E-state index in [0.29, 0.717) is 19.0 Å². The molecule has 3 nitrogen and oxygen atoms in total. The molecule has 1 amide bonds. The maximum atomic E-state index is 12.2. The van der Waals surface area contributed by atoms with Gasteiger partial charge >= 0.3 is 0 Å². The average Bonchev–Trinajstić information content (AvgIpc) is 2.26. The Morgan fingerprint density at radius 1 is 1.33 bits per heavy atom. The van der Waals surface area contributed by atoms with Crippen molar-refractivity contribution in [1.82, 2.24) is 4.90 Å². The normalized spacial score (nSPS) is 18.1. The molecule has 88 valence electrons. The molecule has 1 aliphatic rings. The van der Waals surface area contributed by atoms with Crippen LogP contribution in [0.3, 0.4) is 0 Å². The van der Waals surface area contributed by atoms with Crippen LogP contribution in [0.4, 0.5) is 0 Å². The van der Waals surface area contributed by atoms with E-state index in [1.54, 1.807) is 0 Å². The summed E-state index contributed by atoms with van der Waals surface area (Å²) in [4.78, 5) is 14.1. The maximum absolute atomic E-state index is 12.2. The van der Waals surface area contributed by atoms with Gasteiger partial charge in [0.1, 0.15) is 0 Å². The summed E-state index contributed by atoms with van der Waals surface area (Å²) in [5.74, 6) is 0.600. The van der Waals surface area contributed by atoms with Crippen LogP contribution in [0.2, 0.25) is 0 Å². The van der Waals surface area contributed by atoms with Gasteiger partial charge in [0.05, 0.1) is 0 Å². The zero-order chi connectivity index (χ0) is 11.3. The number of rotatable bonds is 4. The lowest BCUT2D eigenvalue weighted by atomic mass is 9.88. The van der Waals surface area contributed by atoms with Crippen LogP contribution in [0, 0.1) is 5.92 Å². The molecule has 1 saturated carbocycles. The van der Waals surface area contributed by atoms with Gasteiger partial charge in [0.25, 0.3) is 0 Å². The van der Waals surface area contributed by atoms with Gasteiger partial charge < -0.3 is 10.6 Å². The maximum Gasteiger partial charge on any atom is 0.225 e. The molecule has 0 aromatic rings. The fourth-order valence-electron chi connectivity index (χ4n) is 2.35. The van der Waals surface area contributed by atoms with Crippen molar-refractivity contribution in [2.24, 2.45) is 11.7 Å². The summed E-state index contributed by atoms with van der Waals surface area (Å²) in [6.45, 7) is 5.40. The predicted molar refractivity (Wildman–Crippen MR) is 62.5 cm³/mol. The van der Waals surface area contributed by atoms with Crippen molar-refractivity contribution < 1.29 is 4.79 Å². The SMILES string of the molecule is CC(C)N(CCN)C(=O)C1CCCCC1. The Hall–Kier alpha value is -0.570. The quantitative estimate of drug-likeness (QED) is 0.772. The van der Waals surface area contributed by atoms with Crippen molar-refractivity contribution in [3.8, 4) is 0 Å². The number of carbonyl (C=O) groups is 1. The molecule has 0 bridgehead atoms. The first-order valence-electron chi connectivity index (χ1n) is 6.17. The Bertz CT molecular complexity index is 198. The molecule has 0 aromatic carbocycles. The second-order valence-corrected chi connectivity index (χ2v) is 4.75. The summed E-state index contributed by atoms with van der Waals surface area (Å²) in [5.41, 5.74) is 5.54. The Morgan fingerprint density at radius 2 is 1.93 bits per heavy atom. The average molecular weight is 212 g/mol. The van der Waals surface area contributed by atoms with Gasteiger partial charge in [0.15, 0.2) is 0 Å². The van der Waals surface area contributed by atoms with E-state index in [9.17, 15) is 4.79 Å². The van der Waals surface area contributed by atoms with Crippen LogP contribution in [0.5, 0.6) is 0 Å². The second kappa shape index (κ2) is 6.11. The molecular formula is C12H24N2O. The third-order valence-corrected chi connectivity index (χ3v) is 3.23. The minimum atomic E-state index is 0.271. The van der Waals surface area contributed by atoms with E-state index in [4.69, 9.17) is 5.73 Å². The highest BCUT2D eigenvalue weighted by Crippen LogP contribution is 2.25. The third-order valence-electron chi connectivity index (χ3n) is 3.23. The number of amides is 1. The summed E-state index contributed by atoms with van der Waals surface area (Å²) in [6.07, 6.45) is 5.87. The third kappa shape index (κ3) is 3.49. The minimum absolute atomic E-state index is 0.271. The van der Waals surface area contributed by atoms with Crippen molar-refractivity contribution in [3.63, 3.8) is 0 Å². The van der Waals surface area contributed by atoms with Crippen molar-refractivity contribution in [2.45, 2.75) is 52.0 Å². The van der Waals surface area contributed by atoms with Crippen LogP contribution in [0.25, 0.3) is 0 Å². The molecule has 0 atom stereocenters. The first-order valence-corrected chi connectivity index (χ1v) is 6.17. The van der Waals surface area contributed by atoms with Crippen molar-refractivity contribution >= 4 is 5.91 Å². The molecule has 1 aliphatic carbocycles. The summed E-state index contributed by atoms with van der Waals surface area (Å²) in [6, 6.07) is 0.281. The second-order valence-electron chi connectivity index (χ2n) is 4.75. The van der Waals surface area contributed by atoms with Gasteiger partial charge in [-0.3, -0.25) is 4.79 Å². The zero-order valence-corrected chi connectivity index (χ0v) is 10.0. The Morgan fingerprint density at radius 3 is 2.40 bits per heavy atom. The van der Waals surface area contributed by atoms with Crippen LogP contribution < -0.4 is 5.73 Å². The van der Waals surface area contributed by atoms with E-state index in [2.05, 4.69) is 13.8 Å². The number of nitrogens with zero attached hydrogens (tertiary/aromatic N) is 1. The predicted octanol–water partition coefficient (Wildman–Crippen LogP) is 1.76. The van der Waals surface area contributed by atoms with E-state index < -0.39 is 0 Å². The van der Waals surface area contributed by atoms with Gasteiger partial charge in [-0.2, -0.15) is 0 Å². The lowest BCUT2D eigenvalue weighted by Gasteiger charge is -2.31. The molecule has 1 rings (SSSR count). The van der Waals surface area contributed by atoms with Crippen molar-refractivity contribution in [1.29, 1.82) is 0 Å². The zero-order valence-electron chi connectivity index (χ0n) is 10.0. The van der Waals surface area contributed by atoms with Gasteiger partial charge in [-0.15, -0.1) is 0 Å². The molecule has 15 heavy (non-hydrogen) atoms. The molecule has 0 aliphatic heterocycles. The van der Waals surface area contributed by atoms with Gasteiger partial charge in [-0.05, 0) is 26.7 Å². The first kappa shape index (κ1) is 12.5. The van der Waals surface area contributed by atoms with E-state index in [0.717, 1.165) is 12.8 Å². The van der Waals surface area contributed by atoms with Gasteiger partial charge in [0.2, 0.25) is 5.91 Å². The van der Waals surface area contributed by atoms with Crippen LogP contribution in [0.15, 0.2) is 0 Å². The lowest BCUT2D eigenvalue weighted by Crippen LogP contribution is -2.44. The molecule has 2 N–H and O–H groups in total. The summed E-state index contributed by atoms with van der Waals surface area (Å²) >= 11 is 0. The largest absolute Gasteiger partial charge is 0.339 e. The molecule has 3 heteroatoms. The van der Waals surface area contributed by atoms with Crippen LogP contribution in [0.1, 0.15) is 46.0 Å². The standard InChI is InChI=1S/C12H24N2O/c1-10(2)14(9-8-13)12(15)11-6-4-3-5-7-11/h10-11H,3-9,13H2,1-2H3. The van der Waals surface area contributed by atoms with Gasteiger partial charge in [-0.25, -0.2) is 0 Å². The summed E-state index contributed by atoms with van der Waals surface area (Å²) < 4.78 is 0. The molecule has 0 spiro atoms. The van der Waals surface area contributed by atoms with Crippen molar-refractivity contribution in [2.75, 3.05) is 13.1 Å². The summed E-state index contributed by atoms with van der Waals surface area (Å²) in [7, 11) is 0. The molecule has 1 fully saturated rings. The number of nitrogens with two attached hydrogens (primary N) is 1. The molecule has 0 heterocycles.